The second-order valence-corrected chi connectivity index (χ2v) is 12.1. The van der Waals surface area contributed by atoms with Gasteiger partial charge in [-0.2, -0.15) is 0 Å². The third-order valence-corrected chi connectivity index (χ3v) is 8.40. The highest BCUT2D eigenvalue weighted by Gasteiger charge is 2.41. The Labute approximate surface area is 195 Å². The van der Waals surface area contributed by atoms with E-state index in [9.17, 15) is 9.46 Å². The van der Waals surface area contributed by atoms with Crippen molar-refractivity contribution in [3.05, 3.63) is 12.7 Å². The summed E-state index contributed by atoms with van der Waals surface area (Å²) in [6, 6.07) is 0. The maximum absolute atomic E-state index is 12.6. The lowest BCUT2D eigenvalue weighted by atomic mass is 10.0. The summed E-state index contributed by atoms with van der Waals surface area (Å²) in [5.41, 5.74) is 0. The van der Waals surface area contributed by atoms with E-state index in [1.807, 2.05) is 27.2 Å². The fourth-order valence-electron chi connectivity index (χ4n) is 4.22. The third kappa shape index (κ3) is 18.0. The smallest absolute Gasteiger partial charge is 0.320 e. The van der Waals surface area contributed by atoms with Crippen LogP contribution in [0.15, 0.2) is 12.7 Å². The minimum absolute atomic E-state index is 0.333. The maximum Gasteiger partial charge on any atom is 0.385 e. The molecule has 0 saturated heterocycles. The molecule has 0 heterocycles. The number of hydrogen-bond donors (Lipinski definition) is 1. The van der Waals surface area contributed by atoms with Crippen LogP contribution in [0.25, 0.3) is 0 Å². The molecule has 31 heavy (non-hydrogen) atoms. The molecule has 2 unspecified atom stereocenters. The van der Waals surface area contributed by atoms with Crippen LogP contribution in [0.4, 0.5) is 0 Å². The van der Waals surface area contributed by atoms with Gasteiger partial charge in [-0.3, -0.25) is 4.57 Å². The Morgan fingerprint density at radius 3 is 1.55 bits per heavy atom. The lowest BCUT2D eigenvalue weighted by Crippen LogP contribution is -2.45. The van der Waals surface area contributed by atoms with E-state index in [-0.39, 0.29) is 5.78 Å². The Balaban J connectivity index is 3.50. The molecule has 0 saturated carbocycles. The van der Waals surface area contributed by atoms with Gasteiger partial charge in [0.1, 0.15) is 0 Å². The standard InChI is InChI=1S/C26H54NO3P/c1-6-8-9-10-11-12-13-14-15-16-17-18-19-20-21-22-23-25-30-31(28,29)26(24-7-2)27(3,4)5/h6,26H,1,7-25H2,2-5H3/p+1. The number of unbranched alkanes of at least 4 members (excludes halogenated alkanes) is 15. The first-order valence-corrected chi connectivity index (χ1v) is 14.8. The topological polar surface area (TPSA) is 46.5 Å². The normalized spacial score (nSPS) is 15.0. The van der Waals surface area contributed by atoms with Crippen LogP contribution in [0.5, 0.6) is 0 Å². The zero-order valence-electron chi connectivity index (χ0n) is 21.5. The predicted octanol–water partition coefficient (Wildman–Crippen LogP) is 8.45. The van der Waals surface area contributed by atoms with Crippen molar-refractivity contribution in [1.29, 1.82) is 0 Å². The van der Waals surface area contributed by atoms with Crippen molar-refractivity contribution in [3.8, 4) is 0 Å². The quantitative estimate of drug-likeness (QED) is 0.0720. The molecule has 0 aromatic heterocycles. The van der Waals surface area contributed by atoms with Crippen LogP contribution in [0.2, 0.25) is 0 Å². The van der Waals surface area contributed by atoms with Crippen LogP contribution in [-0.2, 0) is 9.09 Å². The van der Waals surface area contributed by atoms with Gasteiger partial charge in [-0.25, -0.2) is 0 Å². The Kier molecular flexibility index (Phi) is 19.2. The summed E-state index contributed by atoms with van der Waals surface area (Å²) in [7, 11) is 2.35. The fraction of sp³-hybridized carbons (Fsp3) is 0.923. The van der Waals surface area contributed by atoms with Gasteiger partial charge in [0.15, 0.2) is 5.78 Å². The molecule has 0 rings (SSSR count). The third-order valence-electron chi connectivity index (χ3n) is 6.15. The molecule has 5 heteroatoms. The number of nitrogens with zero attached hydrogens (tertiary/aromatic N) is 1. The maximum atomic E-state index is 12.6. The average Bonchev–Trinajstić information content (AvgIpc) is 2.70. The fourth-order valence-corrected chi connectivity index (χ4v) is 6.24. The predicted molar refractivity (Wildman–Crippen MR) is 137 cm³/mol. The summed E-state index contributed by atoms with van der Waals surface area (Å²) in [5.74, 6) is -0.333. The summed E-state index contributed by atoms with van der Waals surface area (Å²) in [5, 5.41) is 0. The van der Waals surface area contributed by atoms with Gasteiger partial charge in [-0.1, -0.05) is 96.5 Å². The van der Waals surface area contributed by atoms with Gasteiger partial charge in [0.2, 0.25) is 0 Å². The minimum atomic E-state index is -3.56. The first kappa shape index (κ1) is 30.9. The number of quaternary nitrogens is 1. The van der Waals surface area contributed by atoms with E-state index in [1.54, 1.807) is 0 Å². The van der Waals surface area contributed by atoms with Crippen LogP contribution in [0.1, 0.15) is 122 Å². The van der Waals surface area contributed by atoms with Crippen LogP contribution in [0, 0.1) is 0 Å². The molecule has 186 valence electrons. The lowest BCUT2D eigenvalue weighted by molar-refractivity contribution is -0.883. The Hall–Kier alpha value is -0.150. The first-order chi connectivity index (χ1) is 14.8. The number of allylic oxidation sites excluding steroid dienone is 1. The molecule has 0 aliphatic carbocycles. The van der Waals surface area contributed by atoms with Crippen molar-refractivity contribution in [1.82, 2.24) is 0 Å². The van der Waals surface area contributed by atoms with Crippen molar-refractivity contribution in [3.63, 3.8) is 0 Å². The second-order valence-electron chi connectivity index (χ2n) is 10.2. The van der Waals surface area contributed by atoms with Crippen LogP contribution >= 0.6 is 7.60 Å². The van der Waals surface area contributed by atoms with Crippen molar-refractivity contribution in [2.45, 2.75) is 128 Å². The highest BCUT2D eigenvalue weighted by atomic mass is 31.2. The van der Waals surface area contributed by atoms with E-state index in [0.717, 1.165) is 19.3 Å². The zero-order valence-corrected chi connectivity index (χ0v) is 22.3. The molecular weight excluding hydrogens is 405 g/mol. The van der Waals surface area contributed by atoms with E-state index >= 15 is 0 Å². The summed E-state index contributed by atoms with van der Waals surface area (Å²) >= 11 is 0. The van der Waals surface area contributed by atoms with Gasteiger partial charge in [-0.05, 0) is 25.7 Å². The highest BCUT2D eigenvalue weighted by molar-refractivity contribution is 7.53. The van der Waals surface area contributed by atoms with Crippen LogP contribution < -0.4 is 0 Å². The number of hydrogen-bond acceptors (Lipinski definition) is 2. The minimum Gasteiger partial charge on any atom is -0.320 e. The second kappa shape index (κ2) is 19.3. The van der Waals surface area contributed by atoms with Crippen LogP contribution in [0.3, 0.4) is 0 Å². The average molecular weight is 461 g/mol. The van der Waals surface area contributed by atoms with Gasteiger partial charge in [0.25, 0.3) is 0 Å². The highest BCUT2D eigenvalue weighted by Crippen LogP contribution is 2.51. The van der Waals surface area contributed by atoms with Crippen LogP contribution in [-0.4, -0.2) is 42.9 Å². The molecule has 0 spiro atoms. The Bertz CT molecular complexity index is 462. The largest absolute Gasteiger partial charge is 0.385 e. The molecule has 0 amide bonds. The summed E-state index contributed by atoms with van der Waals surface area (Å²) in [4.78, 5) is 10.4. The molecule has 0 aliphatic heterocycles. The van der Waals surface area contributed by atoms with Crippen molar-refractivity contribution in [2.24, 2.45) is 0 Å². The Morgan fingerprint density at radius 2 is 1.19 bits per heavy atom. The van der Waals surface area contributed by atoms with Crippen molar-refractivity contribution in [2.75, 3.05) is 27.7 Å². The van der Waals surface area contributed by atoms with E-state index in [4.69, 9.17) is 4.52 Å². The monoisotopic (exact) mass is 460 g/mol. The molecule has 0 aromatic carbocycles. The molecule has 0 aliphatic rings. The van der Waals surface area contributed by atoms with Crippen molar-refractivity contribution < 1.29 is 18.5 Å². The summed E-state index contributed by atoms with van der Waals surface area (Å²) < 4.78 is 18.6. The van der Waals surface area contributed by atoms with E-state index in [0.29, 0.717) is 17.5 Å². The van der Waals surface area contributed by atoms with Crippen molar-refractivity contribution >= 4 is 7.60 Å². The molecule has 0 fully saturated rings. The van der Waals surface area contributed by atoms with E-state index in [2.05, 4.69) is 13.5 Å². The first-order valence-electron chi connectivity index (χ1n) is 13.1. The summed E-state index contributed by atoms with van der Waals surface area (Å²) in [6.07, 6.45) is 24.4. The number of rotatable bonds is 23. The zero-order chi connectivity index (χ0) is 23.4. The molecule has 2 atom stereocenters. The van der Waals surface area contributed by atoms with Gasteiger partial charge in [0.05, 0.1) is 27.7 Å². The lowest BCUT2D eigenvalue weighted by Gasteiger charge is -2.35. The van der Waals surface area contributed by atoms with E-state index < -0.39 is 7.60 Å². The van der Waals surface area contributed by atoms with Gasteiger partial charge in [-0.15, -0.1) is 6.58 Å². The van der Waals surface area contributed by atoms with E-state index in [1.165, 1.54) is 89.9 Å². The van der Waals surface area contributed by atoms with Gasteiger partial charge >= 0.3 is 7.60 Å². The summed E-state index contributed by atoms with van der Waals surface area (Å²) in [6.45, 7) is 6.23. The molecule has 4 nitrogen and oxygen atoms in total. The Morgan fingerprint density at radius 1 is 0.806 bits per heavy atom. The van der Waals surface area contributed by atoms with Gasteiger partial charge < -0.3 is 13.9 Å². The molecule has 1 N–H and O–H groups in total. The van der Waals surface area contributed by atoms with Gasteiger partial charge in [0, 0.05) is 6.42 Å². The molecular formula is C26H55NO3P+. The SMILES string of the molecule is C=CCCCCCCCCCCCCCCCCCOP(=O)(O)C(CCC)[N+](C)(C)C. The molecule has 0 bridgehead atoms. The molecule has 0 aromatic rings. The molecule has 0 radical (unpaired) electrons.